The van der Waals surface area contributed by atoms with E-state index in [0.29, 0.717) is 5.69 Å². The summed E-state index contributed by atoms with van der Waals surface area (Å²) in [4.78, 5) is 0. The predicted molar refractivity (Wildman–Crippen MR) is 276 cm³/mol. The van der Waals surface area contributed by atoms with Crippen molar-refractivity contribution in [3.8, 4) is 22.3 Å². The van der Waals surface area contributed by atoms with Gasteiger partial charge in [-0.1, -0.05) is 194 Å². The van der Waals surface area contributed by atoms with Gasteiger partial charge in [-0.3, -0.25) is 0 Å². The summed E-state index contributed by atoms with van der Waals surface area (Å²) >= 11 is -0.483. The van der Waals surface area contributed by atoms with Crippen LogP contribution in [-0.4, -0.2) is 14.7 Å². The minimum absolute atomic E-state index is 0.483. The van der Waals surface area contributed by atoms with Crippen LogP contribution < -0.4 is 41.6 Å². The molecule has 0 saturated heterocycles. The minimum atomic E-state index is -3.44. The van der Waals surface area contributed by atoms with E-state index in [1.54, 1.807) is 0 Å². The first-order valence-corrected chi connectivity index (χ1v) is 27.0. The molecule has 322 valence electrons. The Morgan fingerprint density at radius 1 is 0.400 bits per heavy atom. The first-order chi connectivity index (χ1) is 31.8. The van der Waals surface area contributed by atoms with Crippen molar-refractivity contribution >= 4 is 89.1 Å². The maximum atomic E-state index is 11.1. The molecule has 0 aliphatic heterocycles. The SMILES string of the molecule is CS(=O)(=O)[O][Pd][c]1ccccc1-c1ccccc1N.c1ccc(P(c2ccccc2)c2ccc3ccccc3c2-c2c(P(c3ccccc3)c3ccccc3)ccc3ccccc23)cc1. The summed E-state index contributed by atoms with van der Waals surface area (Å²) in [6.45, 7) is 0. The second-order valence-corrected chi connectivity index (χ2v) is 23.0. The zero-order valence-corrected chi connectivity index (χ0v) is 39.7. The van der Waals surface area contributed by atoms with Crippen molar-refractivity contribution in [2.24, 2.45) is 0 Å². The molecular formula is C57H45NO3P2PdS. The maximum absolute atomic E-state index is 11.1. The van der Waals surface area contributed by atoms with Crippen molar-refractivity contribution < 1.29 is 29.7 Å². The van der Waals surface area contributed by atoms with Gasteiger partial charge in [-0.05, 0) is 80.3 Å². The average molecular weight is 992 g/mol. The van der Waals surface area contributed by atoms with E-state index in [1.807, 2.05) is 48.5 Å². The fraction of sp³-hybridized carbons (Fsp3) is 0.0175. The number of nitrogen functional groups attached to an aromatic ring is 1. The number of para-hydroxylation sites is 1. The first kappa shape index (κ1) is 44.2. The van der Waals surface area contributed by atoms with E-state index in [2.05, 4.69) is 194 Å². The molecule has 0 spiro atoms. The van der Waals surface area contributed by atoms with Crippen LogP contribution in [-0.2, 0) is 31.4 Å². The number of rotatable bonds is 11. The van der Waals surface area contributed by atoms with Crippen LogP contribution in [0.3, 0.4) is 0 Å². The molecule has 10 aromatic rings. The topological polar surface area (TPSA) is 69.4 Å². The molecule has 0 atom stereocenters. The van der Waals surface area contributed by atoms with Gasteiger partial charge in [0.1, 0.15) is 0 Å². The van der Waals surface area contributed by atoms with Crippen LogP contribution in [0.25, 0.3) is 43.8 Å². The zero-order chi connectivity index (χ0) is 44.6. The largest absolute Gasteiger partial charge is 0.0622 e. The second-order valence-electron chi connectivity index (χ2n) is 15.2. The predicted octanol–water partition coefficient (Wildman–Crippen LogP) is 10.7. The van der Waals surface area contributed by atoms with Crippen LogP contribution in [0.1, 0.15) is 0 Å². The van der Waals surface area contributed by atoms with Gasteiger partial charge in [0.2, 0.25) is 0 Å². The van der Waals surface area contributed by atoms with Crippen molar-refractivity contribution in [1.29, 1.82) is 0 Å². The Morgan fingerprint density at radius 3 is 1.17 bits per heavy atom. The van der Waals surface area contributed by atoms with Crippen LogP contribution in [0.15, 0.2) is 243 Å². The molecule has 65 heavy (non-hydrogen) atoms. The molecular weight excluding hydrogens is 947 g/mol. The Labute approximate surface area is 393 Å². The molecule has 0 saturated carbocycles. The van der Waals surface area contributed by atoms with Gasteiger partial charge in [0, 0.05) is 0 Å². The molecule has 0 amide bonds. The Balaban J connectivity index is 0.000000235. The third-order valence-electron chi connectivity index (χ3n) is 10.9. The van der Waals surface area contributed by atoms with Gasteiger partial charge >= 0.3 is 121 Å². The molecule has 10 rings (SSSR count). The van der Waals surface area contributed by atoms with Crippen molar-refractivity contribution in [1.82, 2.24) is 0 Å². The van der Waals surface area contributed by atoms with E-state index < -0.39 is 44.3 Å². The molecule has 0 bridgehead atoms. The van der Waals surface area contributed by atoms with Gasteiger partial charge in [0.25, 0.3) is 0 Å². The van der Waals surface area contributed by atoms with E-state index in [-0.39, 0.29) is 0 Å². The molecule has 0 aliphatic carbocycles. The molecule has 0 fully saturated rings. The number of nitrogens with two attached hydrogens (primary N) is 1. The monoisotopic (exact) mass is 991 g/mol. The Kier molecular flexibility index (Phi) is 13.9. The van der Waals surface area contributed by atoms with Gasteiger partial charge in [0.15, 0.2) is 0 Å². The minimum Gasteiger partial charge on any atom is -0.0622 e. The van der Waals surface area contributed by atoms with Crippen LogP contribution in [0.2, 0.25) is 0 Å². The summed E-state index contributed by atoms with van der Waals surface area (Å²) in [5.74, 6) is 0. The molecule has 4 nitrogen and oxygen atoms in total. The van der Waals surface area contributed by atoms with Gasteiger partial charge in [-0.2, -0.15) is 0 Å². The van der Waals surface area contributed by atoms with Gasteiger partial charge < -0.3 is 0 Å². The van der Waals surface area contributed by atoms with E-state index in [1.165, 1.54) is 64.5 Å². The third kappa shape index (κ3) is 10.1. The molecule has 0 aliphatic rings. The number of anilines is 1. The van der Waals surface area contributed by atoms with Crippen molar-refractivity contribution in [2.45, 2.75) is 0 Å². The molecule has 0 heterocycles. The van der Waals surface area contributed by atoms with E-state index in [4.69, 9.17) is 8.64 Å². The fourth-order valence-corrected chi connectivity index (χ4v) is 15.1. The Bertz CT molecular complexity index is 3080. The normalized spacial score (nSPS) is 11.5. The number of hydrogen-bond acceptors (Lipinski definition) is 4. The van der Waals surface area contributed by atoms with Gasteiger partial charge in [-0.25, -0.2) is 0 Å². The van der Waals surface area contributed by atoms with Gasteiger partial charge in [-0.15, -0.1) is 0 Å². The first-order valence-electron chi connectivity index (χ1n) is 21.1. The molecule has 0 aromatic heterocycles. The molecule has 10 aromatic carbocycles. The standard InChI is InChI=1S/C44H32P2.C12H10N.CH4O3S.Pd/c1-5-19-35(20-6-1)45(36-21-7-2-8-22-36)41-31-29-33-17-13-15-27-39(33)43(41)44-40-28-16-14-18-34(40)30-32-42(44)46(37-23-9-3-10-24-37)38-25-11-4-12-26-38;13-12-9-5-4-8-11(12)10-6-2-1-3-7-10;1-5(2,3)4;/h1-32H;1-6,8-9H,13H2;1H3,(H,2,3,4);/q;;;+1/p-1. The molecule has 8 heteroatoms. The van der Waals surface area contributed by atoms with Crippen LogP contribution in [0.4, 0.5) is 5.69 Å². The number of benzene rings is 10. The molecule has 0 unspecified atom stereocenters. The quantitative estimate of drug-likeness (QED) is 0.0796. The van der Waals surface area contributed by atoms with Crippen molar-refractivity contribution in [2.75, 3.05) is 12.0 Å². The van der Waals surface area contributed by atoms with Gasteiger partial charge in [0.05, 0.1) is 0 Å². The third-order valence-corrected chi connectivity index (χ3v) is 18.9. The second kappa shape index (κ2) is 20.4. The fourth-order valence-electron chi connectivity index (χ4n) is 8.12. The zero-order valence-electron chi connectivity index (χ0n) is 35.5. The number of fused-ring (bicyclic) bond motifs is 2. The molecule has 2 N–H and O–H groups in total. The van der Waals surface area contributed by atoms with Crippen LogP contribution in [0, 0.1) is 0 Å². The summed E-state index contributed by atoms with van der Waals surface area (Å²) < 4.78 is 27.9. The summed E-state index contributed by atoms with van der Waals surface area (Å²) in [6.07, 6.45) is 1.05. The summed E-state index contributed by atoms with van der Waals surface area (Å²) in [5.41, 5.74) is 11.1. The molecule has 0 radical (unpaired) electrons. The summed E-state index contributed by atoms with van der Waals surface area (Å²) in [6, 6.07) is 86.8. The summed E-state index contributed by atoms with van der Waals surface area (Å²) in [5, 5.41) is 13.3. The number of hydrogen-bond donors (Lipinski definition) is 1. The smallest absolute Gasteiger partial charge is 0.000884 e. The van der Waals surface area contributed by atoms with E-state index in [9.17, 15) is 8.42 Å². The van der Waals surface area contributed by atoms with Crippen molar-refractivity contribution in [3.05, 3.63) is 243 Å². The Hall–Kier alpha value is -6.05. The summed E-state index contributed by atoms with van der Waals surface area (Å²) in [7, 11) is -5.14. The van der Waals surface area contributed by atoms with E-state index >= 15 is 0 Å². The van der Waals surface area contributed by atoms with Crippen LogP contribution >= 0.6 is 15.8 Å². The average Bonchev–Trinajstić information content (AvgIpc) is 3.35. The van der Waals surface area contributed by atoms with E-state index in [0.717, 1.165) is 21.4 Å². The Morgan fingerprint density at radius 2 is 0.754 bits per heavy atom. The maximum Gasteiger partial charge on any atom is -0.000884 e. The van der Waals surface area contributed by atoms with Crippen LogP contribution in [0.5, 0.6) is 0 Å². The van der Waals surface area contributed by atoms with Crippen molar-refractivity contribution in [3.63, 3.8) is 0 Å².